The fourth-order valence-corrected chi connectivity index (χ4v) is 3.09. The van der Waals surface area contributed by atoms with Crippen molar-refractivity contribution in [2.75, 3.05) is 17.2 Å². The SMILES string of the molecule is Cc1cc(C)c(NC(=O)c2ccnc(NCCc3ccc(F)cc3)n2)c(C)c1. The molecule has 5 nitrogen and oxygen atoms in total. The highest BCUT2D eigenvalue weighted by atomic mass is 19.1. The first-order chi connectivity index (χ1) is 13.4. The number of rotatable bonds is 6. The van der Waals surface area contributed by atoms with Gasteiger partial charge in [-0.3, -0.25) is 4.79 Å². The predicted molar refractivity (Wildman–Crippen MR) is 109 cm³/mol. The Hall–Kier alpha value is -3.28. The minimum absolute atomic E-state index is 0.252. The molecule has 0 spiro atoms. The number of hydrogen-bond donors (Lipinski definition) is 2. The summed E-state index contributed by atoms with van der Waals surface area (Å²) in [5.74, 6) is -0.149. The average molecular weight is 378 g/mol. The van der Waals surface area contributed by atoms with E-state index < -0.39 is 0 Å². The normalized spacial score (nSPS) is 10.6. The number of benzene rings is 2. The number of carbonyl (C=O) groups excluding carboxylic acids is 1. The molecule has 0 aliphatic carbocycles. The fourth-order valence-electron chi connectivity index (χ4n) is 3.09. The molecular weight excluding hydrogens is 355 g/mol. The molecule has 144 valence electrons. The molecule has 28 heavy (non-hydrogen) atoms. The van der Waals surface area contributed by atoms with Gasteiger partial charge < -0.3 is 10.6 Å². The van der Waals surface area contributed by atoms with Gasteiger partial charge in [-0.05, 0) is 62.1 Å². The Morgan fingerprint density at radius 3 is 2.39 bits per heavy atom. The van der Waals surface area contributed by atoms with Crippen LogP contribution in [-0.4, -0.2) is 22.4 Å². The van der Waals surface area contributed by atoms with E-state index in [1.165, 1.54) is 12.1 Å². The van der Waals surface area contributed by atoms with Crippen LogP contribution in [0.25, 0.3) is 0 Å². The number of carbonyl (C=O) groups is 1. The van der Waals surface area contributed by atoms with Gasteiger partial charge in [0.2, 0.25) is 5.95 Å². The van der Waals surface area contributed by atoms with Gasteiger partial charge >= 0.3 is 0 Å². The standard InChI is InChI=1S/C22H23FN4O/c1-14-12-15(2)20(16(3)13-14)27-21(28)19-9-11-25-22(26-19)24-10-8-17-4-6-18(23)7-5-17/h4-7,9,11-13H,8,10H2,1-3H3,(H,27,28)(H,24,25,26). The van der Waals surface area contributed by atoms with Gasteiger partial charge in [-0.25, -0.2) is 14.4 Å². The van der Waals surface area contributed by atoms with Crippen LogP contribution in [0.2, 0.25) is 0 Å². The number of anilines is 2. The lowest BCUT2D eigenvalue weighted by atomic mass is 10.1. The molecule has 3 rings (SSSR count). The summed E-state index contributed by atoms with van der Waals surface area (Å²) in [6.07, 6.45) is 2.25. The number of aromatic nitrogens is 2. The number of hydrogen-bond acceptors (Lipinski definition) is 4. The molecule has 0 radical (unpaired) electrons. The third-order valence-corrected chi connectivity index (χ3v) is 4.41. The Bertz CT molecular complexity index is 963. The molecule has 0 saturated carbocycles. The zero-order valence-electron chi connectivity index (χ0n) is 16.2. The summed E-state index contributed by atoms with van der Waals surface area (Å²) in [4.78, 5) is 21.1. The first kappa shape index (κ1) is 19.5. The van der Waals surface area contributed by atoms with Gasteiger partial charge in [0.05, 0.1) is 0 Å². The molecule has 0 saturated heterocycles. The van der Waals surface area contributed by atoms with E-state index >= 15 is 0 Å². The van der Waals surface area contributed by atoms with Crippen molar-refractivity contribution in [3.8, 4) is 0 Å². The van der Waals surface area contributed by atoms with Crippen LogP contribution < -0.4 is 10.6 Å². The minimum Gasteiger partial charge on any atom is -0.354 e. The zero-order valence-corrected chi connectivity index (χ0v) is 16.2. The Balaban J connectivity index is 1.64. The van der Waals surface area contributed by atoms with Crippen molar-refractivity contribution in [1.29, 1.82) is 0 Å². The first-order valence-corrected chi connectivity index (χ1v) is 9.13. The number of aryl methyl sites for hydroxylation is 3. The lowest BCUT2D eigenvalue weighted by Gasteiger charge is -2.13. The molecule has 3 aromatic rings. The maximum absolute atomic E-state index is 12.9. The molecule has 6 heteroatoms. The Labute approximate surface area is 164 Å². The van der Waals surface area contributed by atoms with Crippen LogP contribution in [0, 0.1) is 26.6 Å². The summed E-state index contributed by atoms with van der Waals surface area (Å²) in [6, 6.07) is 12.0. The van der Waals surface area contributed by atoms with E-state index in [9.17, 15) is 9.18 Å². The molecule has 2 N–H and O–H groups in total. The van der Waals surface area contributed by atoms with Gasteiger partial charge in [0, 0.05) is 18.4 Å². The van der Waals surface area contributed by atoms with Crippen LogP contribution in [0.1, 0.15) is 32.7 Å². The highest BCUT2D eigenvalue weighted by Gasteiger charge is 2.12. The molecule has 1 amide bonds. The zero-order chi connectivity index (χ0) is 20.1. The summed E-state index contributed by atoms with van der Waals surface area (Å²) >= 11 is 0. The third kappa shape index (κ3) is 4.91. The highest BCUT2D eigenvalue weighted by Crippen LogP contribution is 2.22. The first-order valence-electron chi connectivity index (χ1n) is 9.13. The molecule has 0 atom stereocenters. The summed E-state index contributed by atoms with van der Waals surface area (Å²) in [5.41, 5.74) is 5.28. The molecule has 1 aromatic heterocycles. The predicted octanol–water partition coefficient (Wildman–Crippen LogP) is 4.45. The second kappa shape index (κ2) is 8.61. The van der Waals surface area contributed by atoms with E-state index in [2.05, 4.69) is 20.6 Å². The van der Waals surface area contributed by atoms with Crippen molar-refractivity contribution in [2.45, 2.75) is 27.2 Å². The van der Waals surface area contributed by atoms with Crippen molar-refractivity contribution in [3.05, 3.63) is 82.4 Å². The number of amides is 1. The van der Waals surface area contributed by atoms with Crippen molar-refractivity contribution < 1.29 is 9.18 Å². The van der Waals surface area contributed by atoms with Crippen molar-refractivity contribution in [1.82, 2.24) is 9.97 Å². The molecule has 0 bridgehead atoms. The quantitative estimate of drug-likeness (QED) is 0.665. The summed E-state index contributed by atoms with van der Waals surface area (Å²) in [6.45, 7) is 6.54. The van der Waals surface area contributed by atoms with Crippen molar-refractivity contribution in [2.24, 2.45) is 0 Å². The summed E-state index contributed by atoms with van der Waals surface area (Å²) in [5, 5.41) is 6.05. The van der Waals surface area contributed by atoms with Gasteiger partial charge in [0.15, 0.2) is 0 Å². The maximum Gasteiger partial charge on any atom is 0.274 e. The van der Waals surface area contributed by atoms with Crippen LogP contribution in [0.3, 0.4) is 0 Å². The largest absolute Gasteiger partial charge is 0.354 e. The van der Waals surface area contributed by atoms with E-state index in [1.807, 2.05) is 32.9 Å². The van der Waals surface area contributed by atoms with Crippen LogP contribution >= 0.6 is 0 Å². The number of nitrogens with zero attached hydrogens (tertiary/aromatic N) is 2. The molecule has 0 fully saturated rings. The highest BCUT2D eigenvalue weighted by molar-refractivity contribution is 6.03. The topological polar surface area (TPSA) is 66.9 Å². The van der Waals surface area contributed by atoms with Crippen molar-refractivity contribution in [3.63, 3.8) is 0 Å². The fraction of sp³-hybridized carbons (Fsp3) is 0.227. The van der Waals surface area contributed by atoms with E-state index in [0.29, 0.717) is 24.6 Å². The average Bonchev–Trinajstić information content (AvgIpc) is 2.66. The van der Waals surface area contributed by atoms with E-state index in [4.69, 9.17) is 0 Å². The lowest BCUT2D eigenvalue weighted by molar-refractivity contribution is 0.102. The number of nitrogens with one attached hydrogen (secondary N) is 2. The summed E-state index contributed by atoms with van der Waals surface area (Å²) in [7, 11) is 0. The van der Waals surface area contributed by atoms with Gasteiger partial charge in [-0.2, -0.15) is 0 Å². The minimum atomic E-state index is -0.279. The van der Waals surface area contributed by atoms with Crippen LogP contribution in [0.4, 0.5) is 16.0 Å². The second-order valence-electron chi connectivity index (χ2n) is 6.80. The Morgan fingerprint density at radius 2 is 1.71 bits per heavy atom. The van der Waals surface area contributed by atoms with E-state index in [1.54, 1.807) is 24.4 Å². The van der Waals surface area contributed by atoms with Crippen LogP contribution in [-0.2, 0) is 6.42 Å². The van der Waals surface area contributed by atoms with Gasteiger partial charge in [0.25, 0.3) is 5.91 Å². The smallest absolute Gasteiger partial charge is 0.274 e. The summed E-state index contributed by atoms with van der Waals surface area (Å²) < 4.78 is 12.9. The third-order valence-electron chi connectivity index (χ3n) is 4.41. The monoisotopic (exact) mass is 378 g/mol. The van der Waals surface area contributed by atoms with Gasteiger partial charge in [-0.15, -0.1) is 0 Å². The lowest BCUT2D eigenvalue weighted by Crippen LogP contribution is -2.17. The molecule has 0 unspecified atom stereocenters. The molecular formula is C22H23FN4O. The molecule has 1 heterocycles. The molecule has 2 aromatic carbocycles. The number of halogens is 1. The maximum atomic E-state index is 12.9. The molecule has 0 aliphatic rings. The van der Waals surface area contributed by atoms with Gasteiger partial charge in [0.1, 0.15) is 11.5 Å². The van der Waals surface area contributed by atoms with Crippen molar-refractivity contribution >= 4 is 17.5 Å². The van der Waals surface area contributed by atoms with E-state index in [0.717, 1.165) is 27.9 Å². The molecule has 0 aliphatic heterocycles. The van der Waals surface area contributed by atoms with Crippen LogP contribution in [0.5, 0.6) is 0 Å². The van der Waals surface area contributed by atoms with Crippen LogP contribution in [0.15, 0.2) is 48.7 Å². The second-order valence-corrected chi connectivity index (χ2v) is 6.80. The Morgan fingerprint density at radius 1 is 1.04 bits per heavy atom. The Kier molecular flexibility index (Phi) is 5.99. The van der Waals surface area contributed by atoms with Gasteiger partial charge in [-0.1, -0.05) is 29.8 Å². The van der Waals surface area contributed by atoms with E-state index in [-0.39, 0.29) is 11.7 Å².